The van der Waals surface area contributed by atoms with Crippen molar-refractivity contribution in [2.45, 2.75) is 27.2 Å². The maximum atomic E-state index is 13.2. The van der Waals surface area contributed by atoms with E-state index in [-0.39, 0.29) is 29.0 Å². The molecule has 4 rings (SSSR count). The van der Waals surface area contributed by atoms with Crippen LogP contribution in [0.2, 0.25) is 0 Å². The Hall–Kier alpha value is -3.46. The molecule has 0 unspecified atom stereocenters. The predicted molar refractivity (Wildman–Crippen MR) is 142 cm³/mol. The number of rotatable bonds is 5. The maximum Gasteiger partial charge on any atom is 0.254 e. The van der Waals surface area contributed by atoms with Gasteiger partial charge in [-0.3, -0.25) is 14.4 Å². The van der Waals surface area contributed by atoms with Crippen molar-refractivity contribution in [2.75, 3.05) is 62.6 Å². The number of carbonyl (C=O) groups is 3. The second-order valence-corrected chi connectivity index (χ2v) is 10.8. The summed E-state index contributed by atoms with van der Waals surface area (Å²) in [5.41, 5.74) is 2.26. The van der Waals surface area contributed by atoms with Crippen LogP contribution in [0.15, 0.2) is 42.5 Å². The molecule has 2 fully saturated rings. The highest BCUT2D eigenvalue weighted by molar-refractivity contribution is 6.00. The van der Waals surface area contributed by atoms with Crippen molar-refractivity contribution in [3.8, 4) is 0 Å². The summed E-state index contributed by atoms with van der Waals surface area (Å²) in [6.45, 7) is 11.0. The number of nitrogens with zero attached hydrogens (tertiary/aromatic N) is 3. The van der Waals surface area contributed by atoms with Gasteiger partial charge in [-0.15, -0.1) is 0 Å². The second-order valence-electron chi connectivity index (χ2n) is 10.8. The minimum Gasteiger partial charge on any atom is -0.366 e. The number of nitrogens with one attached hydrogen (secondary N) is 2. The smallest absolute Gasteiger partial charge is 0.254 e. The van der Waals surface area contributed by atoms with E-state index in [0.717, 1.165) is 18.8 Å². The molecule has 0 bridgehead atoms. The molecule has 9 heteroatoms. The number of amides is 3. The van der Waals surface area contributed by atoms with Gasteiger partial charge in [-0.05, 0) is 47.9 Å². The van der Waals surface area contributed by atoms with Gasteiger partial charge in [0.05, 0.1) is 11.4 Å². The summed E-state index contributed by atoms with van der Waals surface area (Å²) in [6, 6.07) is 11.1. The molecule has 0 aliphatic carbocycles. The number of halogens is 1. The molecular weight excluding hydrogens is 473 g/mol. The van der Waals surface area contributed by atoms with E-state index in [4.69, 9.17) is 0 Å². The molecule has 2 aromatic rings. The Balaban J connectivity index is 1.51. The minimum absolute atomic E-state index is 0.0471. The fourth-order valence-corrected chi connectivity index (χ4v) is 4.70. The summed E-state index contributed by atoms with van der Waals surface area (Å²) in [6.07, 6.45) is 0.350. The molecule has 0 atom stereocenters. The zero-order valence-corrected chi connectivity index (χ0v) is 21.8. The molecule has 0 radical (unpaired) electrons. The third kappa shape index (κ3) is 6.85. The van der Waals surface area contributed by atoms with E-state index >= 15 is 0 Å². The predicted octanol–water partition coefficient (Wildman–Crippen LogP) is 3.21. The van der Waals surface area contributed by atoms with E-state index in [2.05, 4.69) is 15.5 Å². The van der Waals surface area contributed by atoms with E-state index in [0.29, 0.717) is 62.5 Å². The standard InChI is InChI=1S/C28H36FN5O3/c1-28(2,3)19-25(35)31-23-18-21(27(37)33-12-10-30-11-13-33)6-9-24(23)32-14-16-34(17-15-32)26(36)20-4-7-22(29)8-5-20/h4-9,18,30H,10-17,19H2,1-3H3,(H,31,35). The normalized spacial score (nSPS) is 16.5. The third-order valence-corrected chi connectivity index (χ3v) is 6.61. The summed E-state index contributed by atoms with van der Waals surface area (Å²) >= 11 is 0. The van der Waals surface area contributed by atoms with Crippen LogP contribution < -0.4 is 15.5 Å². The summed E-state index contributed by atoms with van der Waals surface area (Å²) < 4.78 is 13.2. The van der Waals surface area contributed by atoms with Crippen molar-refractivity contribution >= 4 is 29.1 Å². The lowest BCUT2D eigenvalue weighted by Gasteiger charge is -2.37. The molecular formula is C28H36FN5O3. The number of hydrogen-bond donors (Lipinski definition) is 2. The topological polar surface area (TPSA) is 85.0 Å². The van der Waals surface area contributed by atoms with Crippen LogP contribution in [0.3, 0.4) is 0 Å². The van der Waals surface area contributed by atoms with E-state index in [1.54, 1.807) is 11.0 Å². The summed E-state index contributed by atoms with van der Waals surface area (Å²) in [7, 11) is 0. The molecule has 198 valence electrons. The van der Waals surface area contributed by atoms with Crippen LogP contribution in [-0.4, -0.2) is 79.9 Å². The van der Waals surface area contributed by atoms with Crippen LogP contribution >= 0.6 is 0 Å². The van der Waals surface area contributed by atoms with Crippen LogP contribution in [0.4, 0.5) is 15.8 Å². The van der Waals surface area contributed by atoms with E-state index in [1.807, 2.05) is 37.8 Å². The van der Waals surface area contributed by atoms with Crippen molar-refractivity contribution in [2.24, 2.45) is 5.41 Å². The zero-order valence-electron chi connectivity index (χ0n) is 21.8. The van der Waals surface area contributed by atoms with Gasteiger partial charge in [-0.2, -0.15) is 0 Å². The first kappa shape index (κ1) is 26.6. The van der Waals surface area contributed by atoms with Crippen molar-refractivity contribution in [1.29, 1.82) is 0 Å². The maximum absolute atomic E-state index is 13.2. The lowest BCUT2D eigenvalue weighted by Crippen LogP contribution is -2.49. The van der Waals surface area contributed by atoms with Crippen LogP contribution in [0.25, 0.3) is 0 Å². The first-order valence-corrected chi connectivity index (χ1v) is 12.8. The second kappa shape index (κ2) is 11.3. The molecule has 2 N–H and O–H groups in total. The van der Waals surface area contributed by atoms with E-state index < -0.39 is 0 Å². The van der Waals surface area contributed by atoms with Gasteiger partial charge in [0.2, 0.25) is 5.91 Å². The Morgan fingerprint density at radius 3 is 2.03 bits per heavy atom. The highest BCUT2D eigenvalue weighted by Crippen LogP contribution is 2.30. The number of benzene rings is 2. The largest absolute Gasteiger partial charge is 0.366 e. The quantitative estimate of drug-likeness (QED) is 0.647. The highest BCUT2D eigenvalue weighted by Gasteiger charge is 2.26. The molecule has 3 amide bonds. The monoisotopic (exact) mass is 509 g/mol. The number of piperazine rings is 2. The fraction of sp³-hybridized carbons (Fsp3) is 0.464. The lowest BCUT2D eigenvalue weighted by atomic mass is 9.92. The van der Waals surface area contributed by atoms with Crippen molar-refractivity contribution in [1.82, 2.24) is 15.1 Å². The Morgan fingerprint density at radius 2 is 1.41 bits per heavy atom. The summed E-state index contributed by atoms with van der Waals surface area (Å²) in [4.78, 5) is 44.5. The van der Waals surface area contributed by atoms with Crippen LogP contribution in [-0.2, 0) is 4.79 Å². The fourth-order valence-electron chi connectivity index (χ4n) is 4.70. The number of carbonyl (C=O) groups excluding carboxylic acids is 3. The van der Waals surface area contributed by atoms with Gasteiger partial charge in [0.1, 0.15) is 5.82 Å². The molecule has 2 aliphatic heterocycles. The van der Waals surface area contributed by atoms with Gasteiger partial charge < -0.3 is 25.3 Å². The van der Waals surface area contributed by atoms with Gasteiger partial charge in [0.15, 0.2) is 0 Å². The van der Waals surface area contributed by atoms with Gasteiger partial charge in [-0.1, -0.05) is 20.8 Å². The SMILES string of the molecule is CC(C)(C)CC(=O)Nc1cc(C(=O)N2CCNCC2)ccc1N1CCN(C(=O)c2ccc(F)cc2)CC1. The van der Waals surface area contributed by atoms with Crippen molar-refractivity contribution in [3.63, 3.8) is 0 Å². The molecule has 8 nitrogen and oxygen atoms in total. The molecule has 2 aromatic carbocycles. The molecule has 0 aromatic heterocycles. The Morgan fingerprint density at radius 1 is 0.838 bits per heavy atom. The lowest BCUT2D eigenvalue weighted by molar-refractivity contribution is -0.117. The molecule has 0 spiro atoms. The minimum atomic E-state index is -0.374. The van der Waals surface area contributed by atoms with Gasteiger partial charge >= 0.3 is 0 Å². The highest BCUT2D eigenvalue weighted by atomic mass is 19.1. The van der Waals surface area contributed by atoms with E-state index in [9.17, 15) is 18.8 Å². The first-order chi connectivity index (χ1) is 17.6. The molecule has 2 heterocycles. The Labute approximate surface area is 217 Å². The molecule has 2 saturated heterocycles. The third-order valence-electron chi connectivity index (χ3n) is 6.61. The van der Waals surface area contributed by atoms with Crippen molar-refractivity contribution < 1.29 is 18.8 Å². The van der Waals surface area contributed by atoms with E-state index in [1.165, 1.54) is 24.3 Å². The average molecular weight is 510 g/mol. The number of anilines is 2. The number of hydrogen-bond acceptors (Lipinski definition) is 5. The Kier molecular flexibility index (Phi) is 8.12. The van der Waals surface area contributed by atoms with Gasteiger partial charge in [-0.25, -0.2) is 4.39 Å². The van der Waals surface area contributed by atoms with Gasteiger partial charge in [0.25, 0.3) is 11.8 Å². The van der Waals surface area contributed by atoms with Crippen LogP contribution in [0, 0.1) is 11.2 Å². The Bertz CT molecular complexity index is 1130. The molecule has 37 heavy (non-hydrogen) atoms. The molecule has 2 aliphatic rings. The molecule has 0 saturated carbocycles. The zero-order chi connectivity index (χ0) is 26.6. The summed E-state index contributed by atoms with van der Waals surface area (Å²) in [5, 5.41) is 6.30. The van der Waals surface area contributed by atoms with Crippen LogP contribution in [0.1, 0.15) is 47.9 Å². The average Bonchev–Trinajstić information content (AvgIpc) is 2.88. The van der Waals surface area contributed by atoms with Crippen molar-refractivity contribution in [3.05, 3.63) is 59.4 Å². The first-order valence-electron chi connectivity index (χ1n) is 12.8. The van der Waals surface area contributed by atoms with Gasteiger partial charge in [0, 0.05) is 69.9 Å². The summed E-state index contributed by atoms with van der Waals surface area (Å²) in [5.74, 6) is -0.656. The van der Waals surface area contributed by atoms with Crippen LogP contribution in [0.5, 0.6) is 0 Å².